The fourth-order valence-electron chi connectivity index (χ4n) is 2.67. The Labute approximate surface area is 155 Å². The van der Waals surface area contributed by atoms with E-state index < -0.39 is 0 Å². The molecule has 0 fully saturated rings. The van der Waals surface area contributed by atoms with E-state index in [-0.39, 0.29) is 12.1 Å². The predicted octanol–water partition coefficient (Wildman–Crippen LogP) is 5.18. The van der Waals surface area contributed by atoms with Gasteiger partial charge in [-0.15, -0.1) is 0 Å². The van der Waals surface area contributed by atoms with Crippen LogP contribution in [0.3, 0.4) is 0 Å². The monoisotopic (exact) mass is 356 g/mol. The summed E-state index contributed by atoms with van der Waals surface area (Å²) in [4.78, 5) is 11.4. The van der Waals surface area contributed by atoms with Crippen LogP contribution < -0.4 is 0 Å². The van der Waals surface area contributed by atoms with E-state index in [1.165, 1.54) is 38.5 Å². The number of esters is 1. The summed E-state index contributed by atoms with van der Waals surface area (Å²) in [6, 6.07) is 0. The Morgan fingerprint density at radius 1 is 0.960 bits per heavy atom. The van der Waals surface area contributed by atoms with Crippen LogP contribution in [0.5, 0.6) is 0 Å². The number of allylic oxidation sites excluding steroid dienone is 1. The van der Waals surface area contributed by atoms with E-state index in [2.05, 4.69) is 19.1 Å². The first-order valence-electron chi connectivity index (χ1n) is 10.2. The molecular formula is C21H40O4. The fraction of sp³-hybridized carbons (Fsp3) is 0.857. The van der Waals surface area contributed by atoms with Gasteiger partial charge in [-0.1, -0.05) is 64.0 Å². The topological polar surface area (TPSA) is 55.8 Å². The van der Waals surface area contributed by atoms with Crippen LogP contribution in [0.15, 0.2) is 12.2 Å². The Balaban J connectivity index is 3.30. The summed E-state index contributed by atoms with van der Waals surface area (Å²) in [7, 11) is 1.60. The lowest BCUT2D eigenvalue weighted by atomic mass is 10.1. The normalized spacial score (nSPS) is 12.6. The molecule has 0 aliphatic heterocycles. The Morgan fingerprint density at radius 2 is 1.68 bits per heavy atom. The van der Waals surface area contributed by atoms with Crippen LogP contribution in [-0.2, 0) is 14.3 Å². The minimum atomic E-state index is -0.170. The van der Waals surface area contributed by atoms with Crippen molar-refractivity contribution in [3.63, 3.8) is 0 Å². The smallest absolute Gasteiger partial charge is 0.305 e. The third-order valence-corrected chi connectivity index (χ3v) is 4.27. The Morgan fingerprint density at radius 3 is 2.44 bits per heavy atom. The van der Waals surface area contributed by atoms with E-state index in [4.69, 9.17) is 9.47 Å². The molecule has 0 spiro atoms. The van der Waals surface area contributed by atoms with Gasteiger partial charge in [0.1, 0.15) is 6.61 Å². The first-order chi connectivity index (χ1) is 12.2. The van der Waals surface area contributed by atoms with Crippen molar-refractivity contribution in [3.8, 4) is 0 Å². The number of unbranched alkanes of at least 4 members (excludes halogenated alkanes) is 8. The number of hydrogen-bond acceptors (Lipinski definition) is 4. The maximum atomic E-state index is 11.4. The predicted molar refractivity (Wildman–Crippen MR) is 104 cm³/mol. The van der Waals surface area contributed by atoms with Crippen molar-refractivity contribution < 1.29 is 19.4 Å². The van der Waals surface area contributed by atoms with Gasteiger partial charge in [0.2, 0.25) is 0 Å². The zero-order valence-electron chi connectivity index (χ0n) is 16.5. The van der Waals surface area contributed by atoms with E-state index in [9.17, 15) is 9.90 Å². The average molecular weight is 357 g/mol. The summed E-state index contributed by atoms with van der Waals surface area (Å²) in [6.07, 6.45) is 17.9. The molecule has 0 heterocycles. The van der Waals surface area contributed by atoms with E-state index in [0.717, 1.165) is 38.5 Å². The van der Waals surface area contributed by atoms with Crippen molar-refractivity contribution in [2.75, 3.05) is 20.3 Å². The van der Waals surface area contributed by atoms with Crippen LogP contribution in [-0.4, -0.2) is 37.5 Å². The summed E-state index contributed by atoms with van der Waals surface area (Å²) >= 11 is 0. The number of ether oxygens (including phenoxy) is 2. The molecule has 0 aliphatic rings. The lowest BCUT2D eigenvalue weighted by Crippen LogP contribution is -2.09. The fourth-order valence-corrected chi connectivity index (χ4v) is 2.67. The molecule has 0 aliphatic carbocycles. The van der Waals surface area contributed by atoms with Crippen molar-refractivity contribution in [3.05, 3.63) is 12.2 Å². The average Bonchev–Trinajstić information content (AvgIpc) is 2.60. The molecule has 4 nitrogen and oxygen atoms in total. The lowest BCUT2D eigenvalue weighted by Gasteiger charge is -2.07. The molecule has 0 aromatic heterocycles. The third-order valence-electron chi connectivity index (χ3n) is 4.27. The minimum Gasteiger partial charge on any atom is -0.463 e. The van der Waals surface area contributed by atoms with Crippen LogP contribution in [0.4, 0.5) is 0 Å². The van der Waals surface area contributed by atoms with Gasteiger partial charge in [0, 0.05) is 13.5 Å². The van der Waals surface area contributed by atoms with E-state index >= 15 is 0 Å². The summed E-state index contributed by atoms with van der Waals surface area (Å²) in [5.41, 5.74) is 0. The Kier molecular flexibility index (Phi) is 18.8. The number of aliphatic hydroxyl groups is 1. The third kappa shape index (κ3) is 19.3. The molecule has 0 aromatic rings. The molecule has 1 atom stereocenters. The number of aliphatic hydroxyl groups excluding tert-OH is 1. The van der Waals surface area contributed by atoms with Gasteiger partial charge in [-0.05, 0) is 32.1 Å². The number of hydrogen-bond donors (Lipinski definition) is 1. The zero-order valence-corrected chi connectivity index (χ0v) is 16.5. The Hall–Kier alpha value is -0.870. The number of carbonyl (C=O) groups is 1. The highest BCUT2D eigenvalue weighted by atomic mass is 16.6. The summed E-state index contributed by atoms with van der Waals surface area (Å²) < 4.78 is 9.85. The highest BCUT2D eigenvalue weighted by molar-refractivity contribution is 5.69. The highest BCUT2D eigenvalue weighted by Crippen LogP contribution is 2.10. The molecule has 0 radical (unpaired) electrons. The molecule has 25 heavy (non-hydrogen) atoms. The molecule has 1 N–H and O–H groups in total. The van der Waals surface area contributed by atoms with Gasteiger partial charge in [-0.3, -0.25) is 4.79 Å². The standard InChI is InChI=1S/C21H40O4/c1-3-4-5-12-15-20(22)16-13-10-8-6-7-9-11-14-17-21(23)25-19-18-24-2/h10,13,20,22H,3-9,11-12,14-19H2,1-2H3/t20-/m1/s1. The van der Waals surface area contributed by atoms with Crippen LogP contribution in [0.25, 0.3) is 0 Å². The second-order valence-corrected chi connectivity index (χ2v) is 6.73. The first-order valence-corrected chi connectivity index (χ1v) is 10.2. The summed E-state index contributed by atoms with van der Waals surface area (Å²) in [5.74, 6) is -0.117. The Bertz CT molecular complexity index is 315. The van der Waals surface area contributed by atoms with Crippen molar-refractivity contribution in [1.29, 1.82) is 0 Å². The van der Waals surface area contributed by atoms with Gasteiger partial charge in [0.05, 0.1) is 12.7 Å². The van der Waals surface area contributed by atoms with E-state index in [0.29, 0.717) is 19.6 Å². The first kappa shape index (κ1) is 24.1. The molecule has 4 heteroatoms. The van der Waals surface area contributed by atoms with Gasteiger partial charge in [0.25, 0.3) is 0 Å². The molecule has 148 valence electrons. The van der Waals surface area contributed by atoms with Crippen molar-refractivity contribution >= 4 is 5.97 Å². The molecule has 0 amide bonds. The molecule has 0 unspecified atom stereocenters. The highest BCUT2D eigenvalue weighted by Gasteiger charge is 2.02. The van der Waals surface area contributed by atoms with E-state index in [1.54, 1.807) is 7.11 Å². The summed E-state index contributed by atoms with van der Waals surface area (Å²) in [6.45, 7) is 3.03. The second-order valence-electron chi connectivity index (χ2n) is 6.73. The maximum Gasteiger partial charge on any atom is 0.305 e. The lowest BCUT2D eigenvalue weighted by molar-refractivity contribution is -0.145. The van der Waals surface area contributed by atoms with Crippen LogP contribution >= 0.6 is 0 Å². The summed E-state index contributed by atoms with van der Waals surface area (Å²) in [5, 5.41) is 9.87. The largest absolute Gasteiger partial charge is 0.463 e. The quantitative estimate of drug-likeness (QED) is 0.209. The second kappa shape index (κ2) is 19.5. The van der Waals surface area contributed by atoms with Crippen molar-refractivity contribution in [2.24, 2.45) is 0 Å². The number of carbonyl (C=O) groups excluding carboxylic acids is 1. The molecule has 0 rings (SSSR count). The van der Waals surface area contributed by atoms with Crippen molar-refractivity contribution in [2.45, 2.75) is 96.5 Å². The minimum absolute atomic E-state index is 0.117. The molecule has 0 saturated heterocycles. The molecule has 0 aromatic carbocycles. The van der Waals surface area contributed by atoms with Gasteiger partial charge >= 0.3 is 5.97 Å². The molecule has 0 bridgehead atoms. The van der Waals surface area contributed by atoms with Crippen LogP contribution in [0, 0.1) is 0 Å². The molecular weight excluding hydrogens is 316 g/mol. The van der Waals surface area contributed by atoms with Gasteiger partial charge in [-0.25, -0.2) is 0 Å². The molecule has 0 saturated carbocycles. The van der Waals surface area contributed by atoms with Crippen LogP contribution in [0.2, 0.25) is 0 Å². The van der Waals surface area contributed by atoms with E-state index in [1.807, 2.05) is 0 Å². The van der Waals surface area contributed by atoms with Gasteiger partial charge in [-0.2, -0.15) is 0 Å². The number of rotatable bonds is 18. The SMILES string of the molecule is CCCCCC[C@@H](O)CC=CCCCCCCCC(=O)OCCOC. The zero-order chi connectivity index (χ0) is 18.6. The van der Waals surface area contributed by atoms with Crippen molar-refractivity contribution in [1.82, 2.24) is 0 Å². The van der Waals surface area contributed by atoms with Crippen LogP contribution in [0.1, 0.15) is 90.4 Å². The number of methoxy groups -OCH3 is 1. The van der Waals surface area contributed by atoms with Gasteiger partial charge in [0.15, 0.2) is 0 Å². The maximum absolute atomic E-state index is 11.4. The van der Waals surface area contributed by atoms with Gasteiger partial charge < -0.3 is 14.6 Å².